The van der Waals surface area contributed by atoms with E-state index in [0.29, 0.717) is 27.6 Å². The first-order valence-electron chi connectivity index (χ1n) is 6.80. The van der Waals surface area contributed by atoms with Gasteiger partial charge in [-0.15, -0.1) is 0 Å². The summed E-state index contributed by atoms with van der Waals surface area (Å²) in [6.45, 7) is 3.92. The van der Waals surface area contributed by atoms with Crippen molar-refractivity contribution in [1.29, 1.82) is 0 Å². The second kappa shape index (κ2) is 6.83. The van der Waals surface area contributed by atoms with Crippen LogP contribution in [-0.4, -0.2) is 18.3 Å². The van der Waals surface area contributed by atoms with E-state index in [-0.39, 0.29) is 6.10 Å². The smallest absolute Gasteiger partial charge is 0.126 e. The molecule has 0 saturated carbocycles. The third kappa shape index (κ3) is 3.69. The molecule has 0 aliphatic heterocycles. The average molecular weight is 307 g/mol. The molecule has 0 heterocycles. The molecule has 112 valence electrons. The Bertz CT molecular complexity index is 611. The second-order valence-corrected chi connectivity index (χ2v) is 5.40. The first kappa shape index (κ1) is 15.7. The molecular weight excluding hydrogens is 288 g/mol. The predicted molar refractivity (Wildman–Crippen MR) is 84.3 cm³/mol. The average Bonchev–Trinajstić information content (AvgIpc) is 2.45. The SMILES string of the molecule is COc1cccc(Cl)c1C(O)c1cccc(OC(C)C)c1. The fourth-order valence-electron chi connectivity index (χ4n) is 2.16. The van der Waals surface area contributed by atoms with Gasteiger partial charge in [-0.3, -0.25) is 0 Å². The lowest BCUT2D eigenvalue weighted by Gasteiger charge is -2.18. The van der Waals surface area contributed by atoms with Crippen LogP contribution in [0.4, 0.5) is 0 Å². The number of rotatable bonds is 5. The summed E-state index contributed by atoms with van der Waals surface area (Å²) in [6, 6.07) is 12.7. The molecule has 0 aliphatic carbocycles. The molecule has 0 amide bonds. The Hall–Kier alpha value is -1.71. The molecule has 2 aromatic carbocycles. The van der Waals surface area contributed by atoms with Crippen molar-refractivity contribution < 1.29 is 14.6 Å². The Morgan fingerprint density at radius 1 is 1.10 bits per heavy atom. The van der Waals surface area contributed by atoms with Gasteiger partial charge in [-0.1, -0.05) is 29.8 Å². The quantitative estimate of drug-likeness (QED) is 0.899. The minimum atomic E-state index is -0.871. The summed E-state index contributed by atoms with van der Waals surface area (Å²) < 4.78 is 10.9. The summed E-state index contributed by atoms with van der Waals surface area (Å²) >= 11 is 6.21. The summed E-state index contributed by atoms with van der Waals surface area (Å²) in [6.07, 6.45) is -0.795. The van der Waals surface area contributed by atoms with Crippen molar-refractivity contribution in [1.82, 2.24) is 0 Å². The van der Waals surface area contributed by atoms with Crippen molar-refractivity contribution in [3.05, 3.63) is 58.6 Å². The predicted octanol–water partition coefficient (Wildman–Crippen LogP) is 4.22. The van der Waals surface area contributed by atoms with Gasteiger partial charge in [-0.25, -0.2) is 0 Å². The molecule has 0 saturated heterocycles. The van der Waals surface area contributed by atoms with Crippen LogP contribution in [0.15, 0.2) is 42.5 Å². The number of aliphatic hydroxyl groups is 1. The number of hydrogen-bond donors (Lipinski definition) is 1. The van der Waals surface area contributed by atoms with Crippen LogP contribution in [0.25, 0.3) is 0 Å². The lowest BCUT2D eigenvalue weighted by molar-refractivity contribution is 0.211. The number of halogens is 1. The first-order chi connectivity index (χ1) is 10.0. The molecule has 0 fully saturated rings. The number of hydrogen-bond acceptors (Lipinski definition) is 3. The topological polar surface area (TPSA) is 38.7 Å². The van der Waals surface area contributed by atoms with Crippen LogP contribution in [0.3, 0.4) is 0 Å². The van der Waals surface area contributed by atoms with Crippen molar-refractivity contribution in [2.75, 3.05) is 7.11 Å². The molecule has 1 N–H and O–H groups in total. The van der Waals surface area contributed by atoms with E-state index in [9.17, 15) is 5.11 Å². The van der Waals surface area contributed by atoms with Crippen LogP contribution in [0.1, 0.15) is 31.1 Å². The molecule has 4 heteroatoms. The van der Waals surface area contributed by atoms with Crippen LogP contribution < -0.4 is 9.47 Å². The maximum absolute atomic E-state index is 10.6. The Morgan fingerprint density at radius 2 is 1.81 bits per heavy atom. The summed E-state index contributed by atoms with van der Waals surface area (Å²) in [5.74, 6) is 1.28. The standard InChI is InChI=1S/C17H19ClO3/c1-11(2)21-13-7-4-6-12(10-13)17(19)16-14(18)8-5-9-15(16)20-3/h4-11,17,19H,1-3H3. The van der Waals surface area contributed by atoms with Gasteiger partial charge in [0.1, 0.15) is 17.6 Å². The number of aliphatic hydroxyl groups excluding tert-OH is 1. The minimum absolute atomic E-state index is 0.0762. The van der Waals surface area contributed by atoms with Crippen LogP contribution >= 0.6 is 11.6 Å². The fourth-order valence-corrected chi connectivity index (χ4v) is 2.43. The van der Waals surface area contributed by atoms with Gasteiger partial charge in [-0.05, 0) is 43.7 Å². The highest BCUT2D eigenvalue weighted by Gasteiger charge is 2.19. The molecule has 1 unspecified atom stereocenters. The number of methoxy groups -OCH3 is 1. The zero-order valence-electron chi connectivity index (χ0n) is 12.3. The Balaban J connectivity index is 2.38. The van der Waals surface area contributed by atoms with E-state index in [2.05, 4.69) is 0 Å². The minimum Gasteiger partial charge on any atom is -0.496 e. The highest BCUT2D eigenvalue weighted by Crippen LogP contribution is 2.36. The Kier molecular flexibility index (Phi) is 5.10. The van der Waals surface area contributed by atoms with Gasteiger partial charge >= 0.3 is 0 Å². The molecule has 0 bridgehead atoms. The van der Waals surface area contributed by atoms with Gasteiger partial charge in [0.15, 0.2) is 0 Å². The van der Waals surface area contributed by atoms with Crippen molar-refractivity contribution in [2.45, 2.75) is 26.1 Å². The van der Waals surface area contributed by atoms with E-state index in [1.54, 1.807) is 25.3 Å². The highest BCUT2D eigenvalue weighted by atomic mass is 35.5. The highest BCUT2D eigenvalue weighted by molar-refractivity contribution is 6.31. The normalized spacial score (nSPS) is 12.3. The third-order valence-corrected chi connectivity index (χ3v) is 3.38. The van der Waals surface area contributed by atoms with Crippen molar-refractivity contribution in [2.24, 2.45) is 0 Å². The molecule has 21 heavy (non-hydrogen) atoms. The number of ether oxygens (including phenoxy) is 2. The third-order valence-electron chi connectivity index (χ3n) is 3.05. The van der Waals surface area contributed by atoms with E-state index in [0.717, 1.165) is 0 Å². The van der Waals surface area contributed by atoms with Crippen LogP contribution in [0.2, 0.25) is 5.02 Å². The Labute approximate surface area is 130 Å². The van der Waals surface area contributed by atoms with Crippen LogP contribution in [0, 0.1) is 0 Å². The molecule has 1 atom stereocenters. The largest absolute Gasteiger partial charge is 0.496 e. The second-order valence-electron chi connectivity index (χ2n) is 5.00. The van der Waals surface area contributed by atoms with Gasteiger partial charge in [0.25, 0.3) is 0 Å². The van der Waals surface area contributed by atoms with Crippen molar-refractivity contribution in [3.8, 4) is 11.5 Å². The van der Waals surface area contributed by atoms with E-state index in [1.807, 2.05) is 38.1 Å². The van der Waals surface area contributed by atoms with Gasteiger partial charge < -0.3 is 14.6 Å². The van der Waals surface area contributed by atoms with Crippen LogP contribution in [-0.2, 0) is 0 Å². The van der Waals surface area contributed by atoms with Gasteiger partial charge in [0.05, 0.1) is 18.2 Å². The molecular formula is C17H19ClO3. The lowest BCUT2D eigenvalue weighted by atomic mass is 10.0. The Morgan fingerprint density at radius 3 is 2.48 bits per heavy atom. The van der Waals surface area contributed by atoms with Crippen molar-refractivity contribution >= 4 is 11.6 Å². The molecule has 2 rings (SSSR count). The first-order valence-corrected chi connectivity index (χ1v) is 7.17. The van der Waals surface area contributed by atoms with E-state index < -0.39 is 6.10 Å². The van der Waals surface area contributed by atoms with Crippen LogP contribution in [0.5, 0.6) is 11.5 Å². The molecule has 0 aliphatic rings. The molecule has 0 spiro atoms. The monoisotopic (exact) mass is 306 g/mol. The summed E-state index contributed by atoms with van der Waals surface area (Å²) in [5.41, 5.74) is 1.27. The van der Waals surface area contributed by atoms with Crippen molar-refractivity contribution in [3.63, 3.8) is 0 Å². The zero-order valence-corrected chi connectivity index (χ0v) is 13.1. The van der Waals surface area contributed by atoms with Gasteiger partial charge in [-0.2, -0.15) is 0 Å². The fraction of sp³-hybridized carbons (Fsp3) is 0.294. The lowest BCUT2D eigenvalue weighted by Crippen LogP contribution is -2.07. The van der Waals surface area contributed by atoms with E-state index in [4.69, 9.17) is 21.1 Å². The zero-order chi connectivity index (χ0) is 15.4. The van der Waals surface area contributed by atoms with Gasteiger partial charge in [0, 0.05) is 5.56 Å². The van der Waals surface area contributed by atoms with E-state index >= 15 is 0 Å². The maximum atomic E-state index is 10.6. The summed E-state index contributed by atoms with van der Waals surface area (Å²) in [7, 11) is 1.56. The molecule has 3 nitrogen and oxygen atoms in total. The molecule has 2 aromatic rings. The van der Waals surface area contributed by atoms with Gasteiger partial charge in [0.2, 0.25) is 0 Å². The summed E-state index contributed by atoms with van der Waals surface area (Å²) in [5, 5.41) is 11.1. The van der Waals surface area contributed by atoms with E-state index in [1.165, 1.54) is 0 Å². The molecule has 0 aromatic heterocycles. The summed E-state index contributed by atoms with van der Waals surface area (Å²) in [4.78, 5) is 0. The number of benzene rings is 2. The molecule has 0 radical (unpaired) electrons. The maximum Gasteiger partial charge on any atom is 0.126 e.